The predicted octanol–water partition coefficient (Wildman–Crippen LogP) is 4.14. The lowest BCUT2D eigenvalue weighted by Crippen LogP contribution is -2.32. The third kappa shape index (κ3) is 5.31. The van der Waals surface area contributed by atoms with Gasteiger partial charge in [-0.25, -0.2) is 9.97 Å². The predicted molar refractivity (Wildman–Crippen MR) is 111 cm³/mol. The van der Waals surface area contributed by atoms with Crippen LogP contribution in [0.2, 0.25) is 0 Å². The van der Waals surface area contributed by atoms with Crippen LogP contribution in [0.25, 0.3) is 11.2 Å². The number of fused-ring (bicyclic) bond motifs is 1. The second-order valence-electron chi connectivity index (χ2n) is 7.90. The third-order valence-corrected chi connectivity index (χ3v) is 5.62. The first-order valence-electron chi connectivity index (χ1n) is 10.8. The number of carbonyl (C=O) groups excluding carboxylic acids is 1. The van der Waals surface area contributed by atoms with Crippen molar-refractivity contribution in [1.29, 1.82) is 0 Å². The van der Waals surface area contributed by atoms with Crippen LogP contribution >= 0.6 is 0 Å². The Morgan fingerprint density at radius 1 is 1.18 bits per heavy atom. The molecule has 0 bridgehead atoms. The lowest BCUT2D eigenvalue weighted by Gasteiger charge is -2.22. The number of aryl methyl sites for hydroxylation is 1. The molecule has 1 fully saturated rings. The van der Waals surface area contributed by atoms with E-state index in [-0.39, 0.29) is 6.04 Å². The van der Waals surface area contributed by atoms with E-state index in [2.05, 4.69) is 21.4 Å². The van der Waals surface area contributed by atoms with E-state index >= 15 is 0 Å². The van der Waals surface area contributed by atoms with Gasteiger partial charge in [-0.3, -0.25) is 4.79 Å². The quantitative estimate of drug-likeness (QED) is 0.717. The minimum atomic E-state index is 0.161. The number of ether oxygens (including phenoxy) is 1. The van der Waals surface area contributed by atoms with Crippen LogP contribution in [0.4, 0.5) is 0 Å². The van der Waals surface area contributed by atoms with Gasteiger partial charge < -0.3 is 14.2 Å². The van der Waals surface area contributed by atoms with E-state index in [0.717, 1.165) is 55.8 Å². The smallest absolute Gasteiger partial charge is 0.222 e. The molecule has 3 heterocycles. The number of carbonyl (C=O) groups is 1. The Bertz CT molecular complexity index is 748. The Labute approximate surface area is 168 Å². The van der Waals surface area contributed by atoms with Crippen LogP contribution in [0.1, 0.15) is 70.2 Å². The van der Waals surface area contributed by atoms with Crippen LogP contribution in [0.3, 0.4) is 0 Å². The fourth-order valence-corrected chi connectivity index (χ4v) is 4.16. The van der Waals surface area contributed by atoms with Crippen molar-refractivity contribution in [2.75, 3.05) is 26.8 Å². The largest absolute Gasteiger partial charge is 0.383 e. The number of rotatable bonds is 7. The summed E-state index contributed by atoms with van der Waals surface area (Å²) in [5.41, 5.74) is 1.81. The van der Waals surface area contributed by atoms with Crippen molar-refractivity contribution in [3.8, 4) is 0 Å². The number of hydrogen-bond donors (Lipinski definition) is 0. The number of hydrogen-bond acceptors (Lipinski definition) is 4. The van der Waals surface area contributed by atoms with Crippen LogP contribution in [-0.2, 0) is 16.0 Å². The molecular weight excluding hydrogens is 352 g/mol. The first kappa shape index (κ1) is 20.8. The van der Waals surface area contributed by atoms with E-state index in [1.807, 2.05) is 12.1 Å². The molecule has 6 nitrogen and oxygen atoms in total. The Kier molecular flexibility index (Phi) is 7.83. The van der Waals surface area contributed by atoms with Crippen molar-refractivity contribution in [3.63, 3.8) is 0 Å². The Morgan fingerprint density at radius 3 is 2.61 bits per heavy atom. The van der Waals surface area contributed by atoms with Crippen LogP contribution in [0.5, 0.6) is 0 Å². The number of pyridine rings is 1. The molecule has 0 unspecified atom stereocenters. The molecule has 3 rings (SSSR count). The zero-order valence-corrected chi connectivity index (χ0v) is 17.4. The average molecular weight is 387 g/mol. The van der Waals surface area contributed by atoms with Crippen molar-refractivity contribution in [2.45, 2.75) is 70.8 Å². The van der Waals surface area contributed by atoms with Gasteiger partial charge in [0.1, 0.15) is 11.3 Å². The number of imidazole rings is 1. The molecule has 154 valence electrons. The molecule has 0 radical (unpaired) electrons. The second-order valence-corrected chi connectivity index (χ2v) is 7.90. The van der Waals surface area contributed by atoms with Gasteiger partial charge in [0.2, 0.25) is 5.91 Å². The molecule has 0 saturated carbocycles. The molecule has 1 aliphatic rings. The SMILES string of the molecule is COC[C@H](C)n1c(CCCC(=O)N2CCCCCCCC2)nc2cccnc21. The second kappa shape index (κ2) is 10.6. The molecule has 0 aliphatic carbocycles. The molecule has 0 N–H and O–H groups in total. The van der Waals surface area contributed by atoms with E-state index in [0.29, 0.717) is 18.9 Å². The van der Waals surface area contributed by atoms with Gasteiger partial charge in [-0.05, 0) is 38.3 Å². The summed E-state index contributed by atoms with van der Waals surface area (Å²) in [4.78, 5) is 24.1. The highest BCUT2D eigenvalue weighted by atomic mass is 16.5. The molecule has 1 saturated heterocycles. The summed E-state index contributed by atoms with van der Waals surface area (Å²) in [6, 6.07) is 4.07. The number of methoxy groups -OCH3 is 1. The van der Waals surface area contributed by atoms with Crippen LogP contribution < -0.4 is 0 Å². The van der Waals surface area contributed by atoms with Gasteiger partial charge in [0.05, 0.1) is 12.6 Å². The van der Waals surface area contributed by atoms with E-state index in [1.54, 1.807) is 13.3 Å². The number of nitrogens with zero attached hydrogens (tertiary/aromatic N) is 4. The Morgan fingerprint density at radius 2 is 1.89 bits per heavy atom. The highest BCUT2D eigenvalue weighted by molar-refractivity contribution is 5.76. The van der Waals surface area contributed by atoms with Gasteiger partial charge in [0.15, 0.2) is 5.65 Å². The standard InChI is InChI=1S/C22H34N4O2/c1-18(17-28-2)26-20(24-19-11-10-14-23-22(19)26)12-9-13-21(27)25-15-7-5-3-4-6-8-16-25/h10-11,14,18H,3-9,12-13,15-17H2,1-2H3/t18-/m0/s1. The van der Waals surface area contributed by atoms with Gasteiger partial charge >= 0.3 is 0 Å². The molecular formula is C22H34N4O2. The maximum Gasteiger partial charge on any atom is 0.222 e. The summed E-state index contributed by atoms with van der Waals surface area (Å²) >= 11 is 0. The number of aromatic nitrogens is 3. The molecule has 0 spiro atoms. The van der Waals surface area contributed by atoms with Crippen LogP contribution in [0.15, 0.2) is 18.3 Å². The molecule has 2 aromatic heterocycles. The van der Waals surface area contributed by atoms with Gasteiger partial charge in [-0.2, -0.15) is 0 Å². The summed E-state index contributed by atoms with van der Waals surface area (Å²) in [5.74, 6) is 1.29. The summed E-state index contributed by atoms with van der Waals surface area (Å²) in [6.07, 6.45) is 11.4. The number of amides is 1. The molecule has 2 aromatic rings. The third-order valence-electron chi connectivity index (χ3n) is 5.62. The summed E-state index contributed by atoms with van der Waals surface area (Å²) in [6.45, 7) is 4.58. The fraction of sp³-hybridized carbons (Fsp3) is 0.682. The van der Waals surface area contributed by atoms with E-state index < -0.39 is 0 Å². The highest BCUT2D eigenvalue weighted by Gasteiger charge is 2.18. The van der Waals surface area contributed by atoms with Gasteiger partial charge in [0, 0.05) is 39.2 Å². The molecule has 1 atom stereocenters. The normalized spacial score (nSPS) is 17.1. The van der Waals surface area contributed by atoms with E-state index in [4.69, 9.17) is 9.72 Å². The molecule has 6 heteroatoms. The highest BCUT2D eigenvalue weighted by Crippen LogP contribution is 2.21. The zero-order chi connectivity index (χ0) is 19.8. The van der Waals surface area contributed by atoms with Crippen LogP contribution in [0, 0.1) is 0 Å². The van der Waals surface area contributed by atoms with Gasteiger partial charge in [-0.1, -0.05) is 25.7 Å². The fourth-order valence-electron chi connectivity index (χ4n) is 4.16. The topological polar surface area (TPSA) is 60.2 Å². The minimum Gasteiger partial charge on any atom is -0.383 e. The van der Waals surface area contributed by atoms with Gasteiger partial charge in [0.25, 0.3) is 0 Å². The molecule has 1 aliphatic heterocycles. The van der Waals surface area contributed by atoms with Crippen molar-refractivity contribution in [2.24, 2.45) is 0 Å². The summed E-state index contributed by atoms with van der Waals surface area (Å²) in [5, 5.41) is 0. The van der Waals surface area contributed by atoms with Gasteiger partial charge in [-0.15, -0.1) is 0 Å². The monoisotopic (exact) mass is 386 g/mol. The van der Waals surface area contributed by atoms with Crippen molar-refractivity contribution < 1.29 is 9.53 Å². The van der Waals surface area contributed by atoms with Crippen molar-refractivity contribution in [1.82, 2.24) is 19.4 Å². The van der Waals surface area contributed by atoms with E-state index in [9.17, 15) is 4.79 Å². The Balaban J connectivity index is 1.62. The lowest BCUT2D eigenvalue weighted by atomic mass is 10.1. The first-order valence-corrected chi connectivity index (χ1v) is 10.8. The summed E-state index contributed by atoms with van der Waals surface area (Å²) < 4.78 is 7.52. The first-order chi connectivity index (χ1) is 13.7. The minimum absolute atomic E-state index is 0.161. The van der Waals surface area contributed by atoms with Crippen molar-refractivity contribution in [3.05, 3.63) is 24.2 Å². The maximum atomic E-state index is 12.7. The van der Waals surface area contributed by atoms with Crippen molar-refractivity contribution >= 4 is 17.1 Å². The summed E-state index contributed by atoms with van der Waals surface area (Å²) in [7, 11) is 1.72. The molecule has 28 heavy (non-hydrogen) atoms. The zero-order valence-electron chi connectivity index (χ0n) is 17.4. The maximum absolute atomic E-state index is 12.7. The lowest BCUT2D eigenvalue weighted by molar-refractivity contribution is -0.131. The molecule has 0 aromatic carbocycles. The Hall–Kier alpha value is -1.95. The van der Waals surface area contributed by atoms with Crippen LogP contribution in [-0.4, -0.2) is 52.1 Å². The average Bonchev–Trinajstić information content (AvgIpc) is 3.12. The molecule has 1 amide bonds. The van der Waals surface area contributed by atoms with E-state index in [1.165, 1.54) is 25.7 Å².